The van der Waals surface area contributed by atoms with Gasteiger partial charge in [-0.15, -0.1) is 0 Å². The summed E-state index contributed by atoms with van der Waals surface area (Å²) in [7, 11) is 8.38. The number of ether oxygens (including phenoxy) is 3. The third-order valence-electron chi connectivity index (χ3n) is 5.86. The second-order valence-corrected chi connectivity index (χ2v) is 9.28. The van der Waals surface area contributed by atoms with E-state index in [-0.39, 0.29) is 22.8 Å². The summed E-state index contributed by atoms with van der Waals surface area (Å²) in [5.74, 6) is -0.937. The number of amides is 1. The fraction of sp³-hybridized carbons (Fsp3) is 0.360. The molecule has 35 heavy (non-hydrogen) atoms. The Hall–Kier alpha value is -3.24. The highest BCUT2D eigenvalue weighted by Crippen LogP contribution is 2.44. The first-order valence-electron chi connectivity index (χ1n) is 11.0. The smallest absolute Gasteiger partial charge is 0.295 e. The van der Waals surface area contributed by atoms with E-state index in [1.807, 2.05) is 14.1 Å². The number of hydrogen-bond acceptors (Lipinski definition) is 7. The van der Waals surface area contributed by atoms with Gasteiger partial charge in [-0.05, 0) is 51.8 Å². The Labute approximate surface area is 212 Å². The number of aliphatic hydroxyl groups excluding tert-OH is 1. The van der Waals surface area contributed by atoms with Crippen molar-refractivity contribution >= 4 is 33.4 Å². The van der Waals surface area contributed by atoms with Crippen molar-refractivity contribution in [1.29, 1.82) is 0 Å². The molecular formula is C25H30BrN2O7+. The van der Waals surface area contributed by atoms with E-state index in [0.717, 1.165) is 6.54 Å². The molecule has 0 saturated carbocycles. The maximum absolute atomic E-state index is 13.2. The van der Waals surface area contributed by atoms with Gasteiger partial charge in [-0.2, -0.15) is 0 Å². The van der Waals surface area contributed by atoms with Gasteiger partial charge in [0.1, 0.15) is 5.76 Å². The van der Waals surface area contributed by atoms with Crippen molar-refractivity contribution in [2.75, 3.05) is 48.5 Å². The number of carbonyl (C=O) groups excluding carboxylic acids is 2. The van der Waals surface area contributed by atoms with E-state index >= 15 is 0 Å². The number of likely N-dealkylation sites (tertiary alicyclic amines) is 1. The average Bonchev–Trinajstić information content (AvgIpc) is 3.09. The minimum Gasteiger partial charge on any atom is -0.507 e. The number of hydrogen-bond donors (Lipinski definition) is 3. The van der Waals surface area contributed by atoms with Gasteiger partial charge in [-0.1, -0.05) is 0 Å². The van der Waals surface area contributed by atoms with Crippen LogP contribution in [0.1, 0.15) is 23.6 Å². The lowest BCUT2D eigenvalue weighted by atomic mass is 9.94. The predicted molar refractivity (Wildman–Crippen MR) is 133 cm³/mol. The van der Waals surface area contributed by atoms with Crippen LogP contribution >= 0.6 is 15.9 Å². The van der Waals surface area contributed by atoms with Crippen molar-refractivity contribution in [1.82, 2.24) is 4.90 Å². The van der Waals surface area contributed by atoms with E-state index in [9.17, 15) is 19.8 Å². The number of aliphatic hydroxyl groups is 1. The van der Waals surface area contributed by atoms with Crippen LogP contribution in [0.15, 0.2) is 40.4 Å². The highest BCUT2D eigenvalue weighted by atomic mass is 79.9. The topological polar surface area (TPSA) is 110 Å². The SMILES string of the molecule is COc1ccc(C(O)=C2C(=O)C(=O)N(CCC[NH+](C)C)[C@@H]2c2cc(Br)c(O)c(OC)c2)cc1OC. The van der Waals surface area contributed by atoms with Crippen LogP contribution in [0.4, 0.5) is 0 Å². The maximum Gasteiger partial charge on any atom is 0.295 e. The van der Waals surface area contributed by atoms with Gasteiger partial charge in [0.25, 0.3) is 11.7 Å². The molecule has 1 aliphatic heterocycles. The molecule has 1 atom stereocenters. The summed E-state index contributed by atoms with van der Waals surface area (Å²) in [5.41, 5.74) is 0.747. The molecule has 0 aromatic heterocycles. The molecule has 0 radical (unpaired) electrons. The molecule has 2 aromatic rings. The Morgan fingerprint density at radius 2 is 1.69 bits per heavy atom. The first-order chi connectivity index (χ1) is 16.6. The summed E-state index contributed by atoms with van der Waals surface area (Å²) < 4.78 is 16.2. The zero-order valence-electron chi connectivity index (χ0n) is 20.3. The third-order valence-corrected chi connectivity index (χ3v) is 6.46. The number of nitrogens with zero attached hydrogens (tertiary/aromatic N) is 1. The molecule has 10 heteroatoms. The molecule has 3 N–H and O–H groups in total. The molecule has 188 valence electrons. The van der Waals surface area contributed by atoms with Crippen molar-refractivity contribution < 1.29 is 38.9 Å². The van der Waals surface area contributed by atoms with Crippen LogP contribution in [0.2, 0.25) is 0 Å². The fourth-order valence-electron chi connectivity index (χ4n) is 4.11. The lowest BCUT2D eigenvalue weighted by Crippen LogP contribution is -3.05. The Bertz CT molecular complexity index is 1160. The summed E-state index contributed by atoms with van der Waals surface area (Å²) in [5, 5.41) is 21.6. The number of carbonyl (C=O) groups is 2. The molecule has 1 saturated heterocycles. The van der Waals surface area contributed by atoms with Crippen LogP contribution < -0.4 is 19.1 Å². The first kappa shape index (κ1) is 26.4. The largest absolute Gasteiger partial charge is 0.507 e. The van der Waals surface area contributed by atoms with Crippen molar-refractivity contribution in [2.45, 2.75) is 12.5 Å². The zero-order valence-corrected chi connectivity index (χ0v) is 21.9. The van der Waals surface area contributed by atoms with Crippen LogP contribution in [0.5, 0.6) is 23.0 Å². The first-order valence-corrected chi connectivity index (χ1v) is 11.8. The fourth-order valence-corrected chi connectivity index (χ4v) is 4.57. The molecule has 0 spiro atoms. The van der Waals surface area contributed by atoms with E-state index in [4.69, 9.17) is 14.2 Å². The third kappa shape index (κ3) is 5.23. The summed E-state index contributed by atoms with van der Waals surface area (Å²) in [4.78, 5) is 29.0. The number of methoxy groups -OCH3 is 3. The van der Waals surface area contributed by atoms with Crippen LogP contribution in [0.25, 0.3) is 5.76 Å². The van der Waals surface area contributed by atoms with Gasteiger partial charge in [0.05, 0.1) is 58.1 Å². The maximum atomic E-state index is 13.2. The zero-order chi connectivity index (χ0) is 25.9. The van der Waals surface area contributed by atoms with Gasteiger partial charge in [0.15, 0.2) is 23.0 Å². The lowest BCUT2D eigenvalue weighted by molar-refractivity contribution is -0.858. The van der Waals surface area contributed by atoms with Crippen molar-refractivity contribution in [3.8, 4) is 23.0 Å². The Morgan fingerprint density at radius 1 is 1.03 bits per heavy atom. The van der Waals surface area contributed by atoms with Crippen molar-refractivity contribution in [2.24, 2.45) is 0 Å². The lowest BCUT2D eigenvalue weighted by Gasteiger charge is -2.26. The number of phenols is 1. The molecular weight excluding hydrogens is 520 g/mol. The number of benzene rings is 2. The molecule has 1 amide bonds. The second kappa shape index (κ2) is 11.0. The van der Waals surface area contributed by atoms with E-state index < -0.39 is 17.7 Å². The van der Waals surface area contributed by atoms with Gasteiger partial charge in [0.2, 0.25) is 0 Å². The minimum atomic E-state index is -0.883. The number of Topliss-reactive ketones (excluding diaryl/α,β-unsaturated/α-hetero) is 1. The predicted octanol–water partition coefficient (Wildman–Crippen LogP) is 2.14. The van der Waals surface area contributed by atoms with E-state index in [2.05, 4.69) is 15.9 Å². The molecule has 9 nitrogen and oxygen atoms in total. The highest BCUT2D eigenvalue weighted by Gasteiger charge is 2.46. The van der Waals surface area contributed by atoms with Crippen LogP contribution in [0.3, 0.4) is 0 Å². The number of phenolic OH excluding ortho intramolecular Hbond substituents is 1. The number of nitrogens with one attached hydrogen (secondary N) is 1. The highest BCUT2D eigenvalue weighted by molar-refractivity contribution is 9.10. The molecule has 1 heterocycles. The molecule has 0 aliphatic carbocycles. The normalized spacial score (nSPS) is 17.2. The number of ketones is 1. The van der Waals surface area contributed by atoms with Gasteiger partial charge in [-0.3, -0.25) is 9.59 Å². The van der Waals surface area contributed by atoms with E-state index in [1.54, 1.807) is 30.3 Å². The minimum absolute atomic E-state index is 0.0564. The average molecular weight is 550 g/mol. The Kier molecular flexibility index (Phi) is 8.29. The summed E-state index contributed by atoms with van der Waals surface area (Å²) in [6.07, 6.45) is 0.651. The van der Waals surface area contributed by atoms with Crippen molar-refractivity contribution in [3.05, 3.63) is 51.5 Å². The quantitative estimate of drug-likeness (QED) is 0.249. The summed E-state index contributed by atoms with van der Waals surface area (Å²) in [6, 6.07) is 7.03. The van der Waals surface area contributed by atoms with Crippen LogP contribution in [-0.2, 0) is 9.59 Å². The Balaban J connectivity index is 2.20. The van der Waals surface area contributed by atoms with E-state index in [1.165, 1.54) is 31.1 Å². The number of halogens is 1. The summed E-state index contributed by atoms with van der Waals surface area (Å²) >= 11 is 3.31. The molecule has 0 bridgehead atoms. The molecule has 0 unspecified atom stereocenters. The molecule has 1 fully saturated rings. The summed E-state index contributed by atoms with van der Waals surface area (Å²) in [6.45, 7) is 1.10. The van der Waals surface area contributed by atoms with Gasteiger partial charge < -0.3 is 34.2 Å². The number of quaternary nitrogens is 1. The van der Waals surface area contributed by atoms with Gasteiger partial charge in [-0.25, -0.2) is 0 Å². The van der Waals surface area contributed by atoms with Gasteiger partial charge >= 0.3 is 0 Å². The molecule has 3 rings (SSSR count). The van der Waals surface area contributed by atoms with E-state index in [0.29, 0.717) is 40.1 Å². The van der Waals surface area contributed by atoms with Crippen molar-refractivity contribution in [3.63, 3.8) is 0 Å². The standard InChI is InChI=1S/C25H29BrN2O7/c1-27(2)9-6-10-28-21(15-11-16(26)23(30)19(13-15)35-5)20(24(31)25(28)32)22(29)14-7-8-17(33-3)18(12-14)34-4/h7-8,11-13,21,29-30H,6,9-10H2,1-5H3/p+1/t21-/m1/s1. The molecule has 2 aromatic carbocycles. The number of aromatic hydroxyl groups is 1. The second-order valence-electron chi connectivity index (χ2n) is 8.43. The van der Waals surface area contributed by atoms with Crippen LogP contribution in [0, 0.1) is 0 Å². The molecule has 1 aliphatic rings. The Morgan fingerprint density at radius 3 is 2.29 bits per heavy atom. The van der Waals surface area contributed by atoms with Gasteiger partial charge in [0, 0.05) is 18.5 Å². The van der Waals surface area contributed by atoms with Crippen LogP contribution in [-0.4, -0.2) is 75.3 Å². The monoisotopic (exact) mass is 549 g/mol. The number of rotatable bonds is 9.